The van der Waals surface area contributed by atoms with Crippen LogP contribution in [0.4, 0.5) is 0 Å². The van der Waals surface area contributed by atoms with Crippen molar-refractivity contribution < 1.29 is 5.11 Å². The molecule has 0 fully saturated rings. The molecule has 1 atom stereocenters. The van der Waals surface area contributed by atoms with Gasteiger partial charge in [0.15, 0.2) is 0 Å². The molecular formula is C15H20BrN3O. The van der Waals surface area contributed by atoms with Crippen LogP contribution in [0.25, 0.3) is 0 Å². The second-order valence-corrected chi connectivity index (χ2v) is 5.83. The van der Waals surface area contributed by atoms with Crippen molar-refractivity contribution in [1.29, 1.82) is 0 Å². The maximum Gasteiger partial charge on any atom is 0.0861 e. The van der Waals surface area contributed by atoms with Crippen LogP contribution in [0.15, 0.2) is 35.2 Å². The minimum absolute atomic E-state index is 0.438. The second kappa shape index (κ2) is 6.99. The molecule has 0 bridgehead atoms. The zero-order valence-corrected chi connectivity index (χ0v) is 13.4. The largest absolute Gasteiger partial charge is 0.388 e. The van der Waals surface area contributed by atoms with Gasteiger partial charge in [0.25, 0.3) is 0 Å². The first-order chi connectivity index (χ1) is 9.63. The molecule has 0 aliphatic heterocycles. The summed E-state index contributed by atoms with van der Waals surface area (Å²) in [7, 11) is 0. The monoisotopic (exact) mass is 337 g/mol. The van der Waals surface area contributed by atoms with Gasteiger partial charge in [-0.2, -0.15) is 5.10 Å². The predicted octanol–water partition coefficient (Wildman–Crippen LogP) is 3.68. The summed E-state index contributed by atoms with van der Waals surface area (Å²) in [6, 6.07) is 4.30. The number of hydrogen-bond donors (Lipinski definition) is 1. The van der Waals surface area contributed by atoms with Crippen molar-refractivity contribution in [2.45, 2.75) is 45.3 Å². The highest BCUT2D eigenvalue weighted by atomic mass is 79.9. The Morgan fingerprint density at radius 3 is 2.70 bits per heavy atom. The molecule has 0 amide bonds. The normalized spacial score (nSPS) is 12.8. The van der Waals surface area contributed by atoms with Crippen LogP contribution in [-0.4, -0.2) is 19.9 Å². The quantitative estimate of drug-likeness (QED) is 0.874. The van der Waals surface area contributed by atoms with Gasteiger partial charge in [-0.05, 0) is 40.9 Å². The molecular weight excluding hydrogens is 318 g/mol. The van der Waals surface area contributed by atoms with Gasteiger partial charge >= 0.3 is 0 Å². The van der Waals surface area contributed by atoms with Gasteiger partial charge < -0.3 is 5.11 Å². The minimum Gasteiger partial charge on any atom is -0.388 e. The van der Waals surface area contributed by atoms with Crippen molar-refractivity contribution in [1.82, 2.24) is 14.8 Å². The van der Waals surface area contributed by atoms with E-state index in [1.54, 1.807) is 12.4 Å². The van der Waals surface area contributed by atoms with E-state index in [-0.39, 0.29) is 0 Å². The lowest BCUT2D eigenvalue weighted by atomic mass is 10.1. The van der Waals surface area contributed by atoms with Crippen LogP contribution in [-0.2, 0) is 6.42 Å². The summed E-state index contributed by atoms with van der Waals surface area (Å²) in [5.74, 6) is 0. The zero-order valence-electron chi connectivity index (χ0n) is 11.8. The molecule has 2 aromatic heterocycles. The highest BCUT2D eigenvalue weighted by Crippen LogP contribution is 2.21. The molecule has 4 nitrogen and oxygen atoms in total. The van der Waals surface area contributed by atoms with Gasteiger partial charge in [0, 0.05) is 35.0 Å². The molecule has 0 aromatic carbocycles. The van der Waals surface area contributed by atoms with Crippen LogP contribution >= 0.6 is 15.9 Å². The third-order valence-electron chi connectivity index (χ3n) is 3.49. The number of aromatic nitrogens is 3. The third kappa shape index (κ3) is 3.67. The maximum absolute atomic E-state index is 10.3. The van der Waals surface area contributed by atoms with Crippen LogP contribution in [0.2, 0.25) is 0 Å². The van der Waals surface area contributed by atoms with Crippen molar-refractivity contribution in [2.24, 2.45) is 0 Å². The van der Waals surface area contributed by atoms with Crippen molar-refractivity contribution in [2.75, 3.05) is 0 Å². The van der Waals surface area contributed by atoms with Crippen molar-refractivity contribution in [3.8, 4) is 0 Å². The lowest BCUT2D eigenvalue weighted by Crippen LogP contribution is -2.09. The summed E-state index contributed by atoms with van der Waals surface area (Å²) in [6.07, 6.45) is 7.45. The van der Waals surface area contributed by atoms with Gasteiger partial charge in [-0.1, -0.05) is 13.8 Å². The Balaban J connectivity index is 2.06. The molecule has 2 aromatic rings. The SMILES string of the molecule is CCC(CC)n1ccc(CC(O)c2cncc(Br)c2)n1. The van der Waals surface area contributed by atoms with Crippen molar-refractivity contribution in [3.05, 3.63) is 46.5 Å². The number of halogens is 1. The van der Waals surface area contributed by atoms with E-state index in [0.29, 0.717) is 12.5 Å². The fraction of sp³-hybridized carbons (Fsp3) is 0.467. The number of hydrogen-bond acceptors (Lipinski definition) is 3. The molecule has 0 spiro atoms. The molecule has 1 N–H and O–H groups in total. The van der Waals surface area contributed by atoms with Gasteiger partial charge in [0.2, 0.25) is 0 Å². The minimum atomic E-state index is -0.579. The number of rotatable bonds is 6. The Bertz CT molecular complexity index is 552. The van der Waals surface area contributed by atoms with E-state index in [2.05, 4.69) is 39.9 Å². The third-order valence-corrected chi connectivity index (χ3v) is 3.93. The maximum atomic E-state index is 10.3. The van der Waals surface area contributed by atoms with Gasteiger partial charge in [0.1, 0.15) is 0 Å². The van der Waals surface area contributed by atoms with Crippen LogP contribution in [0.1, 0.15) is 50.1 Å². The van der Waals surface area contributed by atoms with E-state index < -0.39 is 6.10 Å². The number of nitrogens with zero attached hydrogens (tertiary/aromatic N) is 3. The first-order valence-electron chi connectivity index (χ1n) is 6.96. The molecule has 108 valence electrons. The molecule has 0 saturated carbocycles. The average molecular weight is 338 g/mol. The summed E-state index contributed by atoms with van der Waals surface area (Å²) in [4.78, 5) is 4.07. The molecule has 0 aliphatic rings. The van der Waals surface area contributed by atoms with Gasteiger partial charge in [-0.25, -0.2) is 0 Å². The highest BCUT2D eigenvalue weighted by Gasteiger charge is 2.13. The van der Waals surface area contributed by atoms with Crippen LogP contribution in [0.5, 0.6) is 0 Å². The van der Waals surface area contributed by atoms with E-state index in [0.717, 1.165) is 28.6 Å². The molecule has 2 rings (SSSR count). The lowest BCUT2D eigenvalue weighted by molar-refractivity contribution is 0.176. The summed E-state index contributed by atoms with van der Waals surface area (Å²) in [6.45, 7) is 4.33. The van der Waals surface area contributed by atoms with E-state index in [1.807, 2.05) is 23.0 Å². The van der Waals surface area contributed by atoms with E-state index in [9.17, 15) is 5.11 Å². The average Bonchev–Trinajstić information content (AvgIpc) is 2.88. The standard InChI is InChI=1S/C15H20BrN3O/c1-3-14(4-2)19-6-5-13(18-19)8-15(20)11-7-12(16)10-17-9-11/h5-7,9-10,14-15,20H,3-4,8H2,1-2H3. The zero-order chi connectivity index (χ0) is 14.5. The molecule has 20 heavy (non-hydrogen) atoms. The topological polar surface area (TPSA) is 50.9 Å². The number of pyridine rings is 1. The van der Waals surface area contributed by atoms with Gasteiger partial charge in [-0.15, -0.1) is 0 Å². The van der Waals surface area contributed by atoms with Gasteiger partial charge in [0.05, 0.1) is 17.8 Å². The highest BCUT2D eigenvalue weighted by molar-refractivity contribution is 9.10. The predicted molar refractivity (Wildman–Crippen MR) is 82.4 cm³/mol. The molecule has 1 unspecified atom stereocenters. The van der Waals surface area contributed by atoms with Crippen molar-refractivity contribution >= 4 is 15.9 Å². The van der Waals surface area contributed by atoms with Crippen LogP contribution in [0.3, 0.4) is 0 Å². The Morgan fingerprint density at radius 2 is 2.05 bits per heavy atom. The van der Waals surface area contributed by atoms with Gasteiger partial charge in [-0.3, -0.25) is 9.67 Å². The van der Waals surface area contributed by atoms with Crippen LogP contribution < -0.4 is 0 Å². The van der Waals surface area contributed by atoms with E-state index in [4.69, 9.17) is 0 Å². The molecule has 0 aliphatic carbocycles. The fourth-order valence-corrected chi connectivity index (χ4v) is 2.66. The van der Waals surface area contributed by atoms with E-state index >= 15 is 0 Å². The molecule has 0 radical (unpaired) electrons. The summed E-state index contributed by atoms with van der Waals surface area (Å²) < 4.78 is 2.87. The van der Waals surface area contributed by atoms with Crippen LogP contribution in [0, 0.1) is 0 Å². The summed E-state index contributed by atoms with van der Waals surface area (Å²) in [5.41, 5.74) is 1.71. The molecule has 5 heteroatoms. The Kier molecular flexibility index (Phi) is 5.31. The molecule has 0 saturated heterocycles. The summed E-state index contributed by atoms with van der Waals surface area (Å²) in [5, 5.41) is 14.8. The molecule has 2 heterocycles. The Morgan fingerprint density at radius 1 is 1.30 bits per heavy atom. The lowest BCUT2D eigenvalue weighted by Gasteiger charge is -2.13. The smallest absolute Gasteiger partial charge is 0.0861 e. The number of aliphatic hydroxyl groups is 1. The number of aliphatic hydroxyl groups excluding tert-OH is 1. The fourth-order valence-electron chi connectivity index (χ4n) is 2.28. The second-order valence-electron chi connectivity index (χ2n) is 4.91. The first kappa shape index (κ1) is 15.2. The Hall–Kier alpha value is -1.20. The van der Waals surface area contributed by atoms with Crippen molar-refractivity contribution in [3.63, 3.8) is 0 Å². The first-order valence-corrected chi connectivity index (χ1v) is 7.75. The summed E-state index contributed by atoms with van der Waals surface area (Å²) >= 11 is 3.36. The Labute approximate surface area is 128 Å². The van der Waals surface area contributed by atoms with E-state index in [1.165, 1.54) is 0 Å².